The highest BCUT2D eigenvalue weighted by Gasteiger charge is 2.24. The maximum atomic E-state index is 9.22. The molecule has 5 heteroatoms. The topological polar surface area (TPSA) is 57.5 Å². The lowest BCUT2D eigenvalue weighted by atomic mass is 10.1. The molecule has 20 heavy (non-hydrogen) atoms. The monoisotopic (exact) mass is 275 g/mol. The molecule has 2 atom stereocenters. The summed E-state index contributed by atoms with van der Waals surface area (Å²) in [6, 6.07) is 6.77. The van der Waals surface area contributed by atoms with Gasteiger partial charge < -0.3 is 19.7 Å². The fourth-order valence-electron chi connectivity index (χ4n) is 2.56. The molecule has 1 aliphatic heterocycles. The minimum Gasteiger partial charge on any atom is -0.495 e. The molecule has 1 aromatic carbocycles. The molecule has 0 spiro atoms. The maximum Gasteiger partial charge on any atom is 0.142 e. The molecule has 1 aliphatic rings. The molecule has 1 fully saturated rings. The van der Waals surface area contributed by atoms with Crippen LogP contribution in [0.1, 0.15) is 19.4 Å². The molecule has 0 unspecified atom stereocenters. The first-order chi connectivity index (χ1) is 9.60. The zero-order valence-corrected chi connectivity index (χ0v) is 12.4. The van der Waals surface area contributed by atoms with Crippen LogP contribution in [-0.2, 0) is 0 Å². The highest BCUT2D eigenvalue weighted by molar-refractivity contribution is 5.64. The molecule has 1 heterocycles. The molecule has 0 saturated carbocycles. The summed E-state index contributed by atoms with van der Waals surface area (Å²) < 4.78 is 10.7. The molecule has 108 valence electrons. The van der Waals surface area contributed by atoms with Crippen LogP contribution in [0, 0.1) is 11.3 Å². The van der Waals surface area contributed by atoms with Crippen LogP contribution in [0.4, 0.5) is 5.69 Å². The smallest absolute Gasteiger partial charge is 0.142 e. The number of rotatable bonds is 3. The molecule has 2 rings (SSSR count). The van der Waals surface area contributed by atoms with Crippen LogP contribution in [-0.4, -0.2) is 39.4 Å². The van der Waals surface area contributed by atoms with Crippen molar-refractivity contribution in [2.75, 3.05) is 32.2 Å². The third-order valence-electron chi connectivity index (χ3n) is 3.70. The molecule has 1 saturated heterocycles. The number of ether oxygens (including phenoxy) is 2. The number of hydrogen-bond donors (Lipinski definition) is 1. The molecule has 0 amide bonds. The molecule has 1 aromatic rings. The number of methoxy groups -OCH3 is 2. The second-order valence-electron chi connectivity index (χ2n) is 5.15. The fourth-order valence-corrected chi connectivity index (χ4v) is 2.56. The predicted octanol–water partition coefficient (Wildman–Crippen LogP) is 1.76. The van der Waals surface area contributed by atoms with E-state index in [0.29, 0.717) is 29.1 Å². The van der Waals surface area contributed by atoms with Crippen molar-refractivity contribution < 1.29 is 9.47 Å². The highest BCUT2D eigenvalue weighted by atomic mass is 16.5. The molecule has 0 radical (unpaired) electrons. The van der Waals surface area contributed by atoms with Crippen LogP contribution in [0.2, 0.25) is 0 Å². The summed E-state index contributed by atoms with van der Waals surface area (Å²) in [6.07, 6.45) is 0. The largest absolute Gasteiger partial charge is 0.495 e. The Kier molecular flexibility index (Phi) is 4.35. The number of nitrogens with one attached hydrogen (secondary N) is 1. The van der Waals surface area contributed by atoms with Gasteiger partial charge in [-0.2, -0.15) is 5.26 Å². The van der Waals surface area contributed by atoms with Gasteiger partial charge in [-0.05, 0) is 13.8 Å². The summed E-state index contributed by atoms with van der Waals surface area (Å²) >= 11 is 0. The predicted molar refractivity (Wildman–Crippen MR) is 78.5 cm³/mol. The lowest BCUT2D eigenvalue weighted by molar-refractivity contribution is 0.389. The first-order valence-electron chi connectivity index (χ1n) is 6.76. The molecule has 5 nitrogen and oxygen atoms in total. The first-order valence-corrected chi connectivity index (χ1v) is 6.76. The average molecular weight is 275 g/mol. The van der Waals surface area contributed by atoms with E-state index in [0.717, 1.165) is 18.8 Å². The van der Waals surface area contributed by atoms with Gasteiger partial charge in [0.1, 0.15) is 23.1 Å². The van der Waals surface area contributed by atoms with E-state index < -0.39 is 0 Å². The second kappa shape index (κ2) is 6.02. The Balaban J connectivity index is 2.44. The number of piperazine rings is 1. The van der Waals surface area contributed by atoms with Crippen molar-refractivity contribution in [3.8, 4) is 17.6 Å². The van der Waals surface area contributed by atoms with Crippen LogP contribution in [0.3, 0.4) is 0 Å². The SMILES string of the molecule is COc1cc(N2C[C@@H](C)NC[C@@H]2C)cc(OC)c1C#N. The third kappa shape index (κ3) is 2.66. The Morgan fingerprint density at radius 3 is 2.35 bits per heavy atom. The summed E-state index contributed by atoms with van der Waals surface area (Å²) in [4.78, 5) is 2.31. The number of hydrogen-bond acceptors (Lipinski definition) is 5. The molecular formula is C15H21N3O2. The minimum absolute atomic E-state index is 0.383. The van der Waals surface area contributed by atoms with Gasteiger partial charge in [0.2, 0.25) is 0 Å². The van der Waals surface area contributed by atoms with Crippen molar-refractivity contribution in [2.24, 2.45) is 0 Å². The molecule has 0 aliphatic carbocycles. The standard InChI is InChI=1S/C15H21N3O2/c1-10-9-18(11(2)8-17-10)12-5-14(19-3)13(7-16)15(6-12)20-4/h5-6,10-11,17H,8-9H2,1-4H3/t10-,11+/m1/s1. The summed E-state index contributed by atoms with van der Waals surface area (Å²) in [6.45, 7) is 6.19. The number of anilines is 1. The van der Waals surface area contributed by atoms with Crippen LogP contribution in [0.5, 0.6) is 11.5 Å². The summed E-state index contributed by atoms with van der Waals surface area (Å²) in [5.74, 6) is 1.11. The Labute approximate surface area is 120 Å². The quantitative estimate of drug-likeness (QED) is 0.911. The first kappa shape index (κ1) is 14.5. The third-order valence-corrected chi connectivity index (χ3v) is 3.70. The van der Waals surface area contributed by atoms with Crippen molar-refractivity contribution in [3.05, 3.63) is 17.7 Å². The molecule has 0 bridgehead atoms. The normalized spacial score (nSPS) is 22.2. The minimum atomic E-state index is 0.383. The number of nitriles is 1. The van der Waals surface area contributed by atoms with E-state index in [1.165, 1.54) is 0 Å². The Hall–Kier alpha value is -1.93. The van der Waals surface area contributed by atoms with Gasteiger partial charge in [-0.15, -0.1) is 0 Å². The highest BCUT2D eigenvalue weighted by Crippen LogP contribution is 2.35. The van der Waals surface area contributed by atoms with E-state index in [1.807, 2.05) is 12.1 Å². The van der Waals surface area contributed by atoms with E-state index in [9.17, 15) is 5.26 Å². The average Bonchev–Trinajstić information content (AvgIpc) is 2.48. The zero-order chi connectivity index (χ0) is 14.7. The van der Waals surface area contributed by atoms with E-state index in [1.54, 1.807) is 14.2 Å². The van der Waals surface area contributed by atoms with E-state index >= 15 is 0 Å². The lowest BCUT2D eigenvalue weighted by Crippen LogP contribution is -2.54. The van der Waals surface area contributed by atoms with Crippen LogP contribution >= 0.6 is 0 Å². The number of benzene rings is 1. The van der Waals surface area contributed by atoms with E-state index in [4.69, 9.17) is 9.47 Å². The zero-order valence-electron chi connectivity index (χ0n) is 12.4. The number of nitrogens with zero attached hydrogens (tertiary/aromatic N) is 2. The van der Waals surface area contributed by atoms with Gasteiger partial charge in [-0.3, -0.25) is 0 Å². The van der Waals surface area contributed by atoms with Crippen LogP contribution in [0.25, 0.3) is 0 Å². The van der Waals surface area contributed by atoms with Gasteiger partial charge >= 0.3 is 0 Å². The summed E-state index contributed by atoms with van der Waals surface area (Å²) in [7, 11) is 3.15. The maximum absolute atomic E-state index is 9.22. The van der Waals surface area contributed by atoms with Crippen LogP contribution < -0.4 is 19.7 Å². The van der Waals surface area contributed by atoms with Gasteiger partial charge in [-0.25, -0.2) is 0 Å². The van der Waals surface area contributed by atoms with E-state index in [2.05, 4.69) is 30.1 Å². The summed E-state index contributed by atoms with van der Waals surface area (Å²) in [5.41, 5.74) is 1.47. The van der Waals surface area contributed by atoms with Crippen molar-refractivity contribution in [2.45, 2.75) is 25.9 Å². The molecular weight excluding hydrogens is 254 g/mol. The molecule has 1 N–H and O–H groups in total. The van der Waals surface area contributed by atoms with Crippen molar-refractivity contribution in [1.29, 1.82) is 5.26 Å². The molecule has 0 aromatic heterocycles. The van der Waals surface area contributed by atoms with Gasteiger partial charge in [0, 0.05) is 43.0 Å². The second-order valence-corrected chi connectivity index (χ2v) is 5.15. The summed E-state index contributed by atoms with van der Waals surface area (Å²) in [5, 5.41) is 12.7. The van der Waals surface area contributed by atoms with Gasteiger partial charge in [0.25, 0.3) is 0 Å². The van der Waals surface area contributed by atoms with Crippen molar-refractivity contribution in [1.82, 2.24) is 5.32 Å². The van der Waals surface area contributed by atoms with Crippen LogP contribution in [0.15, 0.2) is 12.1 Å². The van der Waals surface area contributed by atoms with Crippen molar-refractivity contribution in [3.63, 3.8) is 0 Å². The van der Waals surface area contributed by atoms with Crippen molar-refractivity contribution >= 4 is 5.69 Å². The lowest BCUT2D eigenvalue weighted by Gasteiger charge is -2.39. The van der Waals surface area contributed by atoms with Gasteiger partial charge in [0.05, 0.1) is 14.2 Å². The van der Waals surface area contributed by atoms with Gasteiger partial charge in [-0.1, -0.05) is 0 Å². The van der Waals surface area contributed by atoms with Gasteiger partial charge in [0.15, 0.2) is 0 Å². The Bertz CT molecular complexity index is 499. The fraction of sp³-hybridized carbons (Fsp3) is 0.533. The van der Waals surface area contributed by atoms with E-state index in [-0.39, 0.29) is 0 Å². The Morgan fingerprint density at radius 2 is 1.85 bits per heavy atom. The Morgan fingerprint density at radius 1 is 1.25 bits per heavy atom.